The Morgan fingerprint density at radius 3 is 2.47 bits per heavy atom. The Labute approximate surface area is 101 Å². The van der Waals surface area contributed by atoms with E-state index in [9.17, 15) is 4.79 Å². The number of ketones is 1. The number of rotatable bonds is 5. The molecule has 0 saturated carbocycles. The molecule has 0 spiro atoms. The van der Waals surface area contributed by atoms with E-state index in [-0.39, 0.29) is 5.78 Å². The number of nitrogens with zero attached hydrogens (tertiary/aromatic N) is 1. The van der Waals surface area contributed by atoms with Gasteiger partial charge in [0.05, 0.1) is 0 Å². The number of hydrogen-bond donors (Lipinski definition) is 0. The lowest BCUT2D eigenvalue weighted by Gasteiger charge is -2.01. The molecule has 0 unspecified atom stereocenters. The second kappa shape index (κ2) is 5.94. The van der Waals surface area contributed by atoms with Crippen molar-refractivity contribution in [3.63, 3.8) is 0 Å². The van der Waals surface area contributed by atoms with Gasteiger partial charge in [0.1, 0.15) is 5.78 Å². The minimum Gasteiger partial charge on any atom is -0.299 e. The van der Waals surface area contributed by atoms with Gasteiger partial charge in [0.2, 0.25) is 0 Å². The van der Waals surface area contributed by atoms with Crippen LogP contribution in [0.25, 0.3) is 0 Å². The molecule has 0 amide bonds. The third kappa shape index (κ3) is 3.83. The van der Waals surface area contributed by atoms with E-state index in [1.165, 1.54) is 5.56 Å². The molecule has 0 aliphatic carbocycles. The van der Waals surface area contributed by atoms with Crippen LogP contribution in [0.1, 0.15) is 17.5 Å². The van der Waals surface area contributed by atoms with Crippen molar-refractivity contribution in [3.05, 3.63) is 66.0 Å². The van der Waals surface area contributed by atoms with Gasteiger partial charge < -0.3 is 0 Å². The zero-order chi connectivity index (χ0) is 11.9. The van der Waals surface area contributed by atoms with Crippen LogP contribution in [0, 0.1) is 0 Å². The molecule has 2 aromatic rings. The molecule has 0 radical (unpaired) electrons. The van der Waals surface area contributed by atoms with Crippen LogP contribution in [0.4, 0.5) is 0 Å². The summed E-state index contributed by atoms with van der Waals surface area (Å²) < 4.78 is 0. The third-order valence-electron chi connectivity index (χ3n) is 2.66. The predicted octanol–water partition coefficient (Wildman–Crippen LogP) is 2.83. The topological polar surface area (TPSA) is 30.0 Å². The maximum absolute atomic E-state index is 11.8. The van der Waals surface area contributed by atoms with Crippen LogP contribution in [0.2, 0.25) is 0 Å². The smallest absolute Gasteiger partial charge is 0.137 e. The Balaban J connectivity index is 1.83. The lowest BCUT2D eigenvalue weighted by molar-refractivity contribution is -0.118. The van der Waals surface area contributed by atoms with Crippen molar-refractivity contribution in [3.8, 4) is 0 Å². The molecule has 1 heterocycles. The average molecular weight is 225 g/mol. The Bertz CT molecular complexity index is 465. The maximum atomic E-state index is 11.8. The van der Waals surface area contributed by atoms with Gasteiger partial charge >= 0.3 is 0 Å². The van der Waals surface area contributed by atoms with E-state index in [1.54, 1.807) is 12.4 Å². The average Bonchev–Trinajstić information content (AvgIpc) is 2.39. The summed E-state index contributed by atoms with van der Waals surface area (Å²) in [5, 5.41) is 0. The fourth-order valence-electron chi connectivity index (χ4n) is 1.75. The Morgan fingerprint density at radius 1 is 1.00 bits per heavy atom. The minimum atomic E-state index is 0.266. The molecule has 86 valence electrons. The fraction of sp³-hybridized carbons (Fsp3) is 0.200. The summed E-state index contributed by atoms with van der Waals surface area (Å²) in [5.74, 6) is 0.266. The van der Waals surface area contributed by atoms with Gasteiger partial charge in [0.25, 0.3) is 0 Å². The van der Waals surface area contributed by atoms with Crippen LogP contribution in [0.15, 0.2) is 54.9 Å². The quantitative estimate of drug-likeness (QED) is 0.783. The van der Waals surface area contributed by atoms with E-state index in [0.29, 0.717) is 12.8 Å². The van der Waals surface area contributed by atoms with E-state index in [0.717, 1.165) is 12.0 Å². The molecule has 2 rings (SSSR count). The third-order valence-corrected chi connectivity index (χ3v) is 2.66. The number of pyridine rings is 1. The van der Waals surface area contributed by atoms with Crippen molar-refractivity contribution in [1.29, 1.82) is 0 Å². The maximum Gasteiger partial charge on any atom is 0.137 e. The zero-order valence-corrected chi connectivity index (χ0v) is 9.67. The van der Waals surface area contributed by atoms with Crippen molar-refractivity contribution in [2.75, 3.05) is 0 Å². The van der Waals surface area contributed by atoms with Gasteiger partial charge in [0.15, 0.2) is 0 Å². The summed E-state index contributed by atoms with van der Waals surface area (Å²) in [7, 11) is 0. The van der Waals surface area contributed by atoms with Crippen LogP contribution >= 0.6 is 0 Å². The minimum absolute atomic E-state index is 0.266. The van der Waals surface area contributed by atoms with Gasteiger partial charge in [-0.05, 0) is 23.6 Å². The molecule has 0 aliphatic heterocycles. The SMILES string of the molecule is O=C(CCc1ccccc1)Cc1cccnc1. The Kier molecular flexibility index (Phi) is 4.03. The number of carbonyl (C=O) groups excluding carboxylic acids is 1. The molecule has 2 nitrogen and oxygen atoms in total. The first-order valence-electron chi connectivity index (χ1n) is 5.79. The molecule has 1 aromatic carbocycles. The second-order valence-electron chi connectivity index (χ2n) is 4.06. The molecule has 0 aliphatic rings. The van der Waals surface area contributed by atoms with Crippen molar-refractivity contribution >= 4 is 5.78 Å². The van der Waals surface area contributed by atoms with Crippen LogP contribution in [0.5, 0.6) is 0 Å². The van der Waals surface area contributed by atoms with Gasteiger partial charge in [-0.2, -0.15) is 0 Å². The first-order valence-corrected chi connectivity index (χ1v) is 5.79. The molecule has 0 N–H and O–H groups in total. The first-order chi connectivity index (χ1) is 8.34. The lowest BCUT2D eigenvalue weighted by atomic mass is 10.0. The summed E-state index contributed by atoms with van der Waals surface area (Å²) in [6.45, 7) is 0. The largest absolute Gasteiger partial charge is 0.299 e. The van der Waals surface area contributed by atoms with E-state index < -0.39 is 0 Å². The number of benzene rings is 1. The van der Waals surface area contributed by atoms with Crippen molar-refractivity contribution in [2.24, 2.45) is 0 Å². The molecule has 2 heteroatoms. The summed E-state index contributed by atoms with van der Waals surface area (Å²) in [4.78, 5) is 15.8. The second-order valence-corrected chi connectivity index (χ2v) is 4.06. The number of carbonyl (C=O) groups is 1. The number of Topliss-reactive ketones (excluding diaryl/α,β-unsaturated/α-hetero) is 1. The van der Waals surface area contributed by atoms with Crippen molar-refractivity contribution < 1.29 is 4.79 Å². The number of aromatic nitrogens is 1. The normalized spacial score (nSPS) is 10.1. The summed E-state index contributed by atoms with van der Waals surface area (Å²) >= 11 is 0. The van der Waals surface area contributed by atoms with E-state index >= 15 is 0 Å². The number of aryl methyl sites for hydroxylation is 1. The van der Waals surface area contributed by atoms with Gasteiger partial charge in [-0.15, -0.1) is 0 Å². The van der Waals surface area contributed by atoms with Gasteiger partial charge in [-0.3, -0.25) is 9.78 Å². The standard InChI is InChI=1S/C15H15NO/c17-15(11-14-7-4-10-16-12-14)9-8-13-5-2-1-3-6-13/h1-7,10,12H,8-9,11H2. The predicted molar refractivity (Wildman–Crippen MR) is 67.7 cm³/mol. The molecular formula is C15H15NO. The first kappa shape index (κ1) is 11.5. The van der Waals surface area contributed by atoms with Crippen molar-refractivity contribution in [1.82, 2.24) is 4.98 Å². The Morgan fingerprint density at radius 2 is 1.76 bits per heavy atom. The van der Waals surface area contributed by atoms with Gasteiger partial charge in [-0.1, -0.05) is 36.4 Å². The molecule has 0 saturated heterocycles. The van der Waals surface area contributed by atoms with E-state index in [2.05, 4.69) is 17.1 Å². The summed E-state index contributed by atoms with van der Waals surface area (Å²) in [6, 6.07) is 13.9. The highest BCUT2D eigenvalue weighted by Crippen LogP contribution is 2.05. The van der Waals surface area contributed by atoms with E-state index in [1.807, 2.05) is 30.3 Å². The fourth-order valence-corrected chi connectivity index (χ4v) is 1.75. The van der Waals surface area contributed by atoms with Crippen LogP contribution < -0.4 is 0 Å². The molecule has 17 heavy (non-hydrogen) atoms. The lowest BCUT2D eigenvalue weighted by Crippen LogP contribution is -2.04. The Hall–Kier alpha value is -1.96. The molecule has 0 fully saturated rings. The molecule has 0 bridgehead atoms. The number of hydrogen-bond acceptors (Lipinski definition) is 2. The van der Waals surface area contributed by atoms with Gasteiger partial charge in [0, 0.05) is 25.2 Å². The summed E-state index contributed by atoms with van der Waals surface area (Å²) in [5.41, 5.74) is 2.21. The zero-order valence-electron chi connectivity index (χ0n) is 9.67. The van der Waals surface area contributed by atoms with Crippen LogP contribution in [-0.2, 0) is 17.6 Å². The molecular weight excluding hydrogens is 210 g/mol. The highest BCUT2D eigenvalue weighted by Gasteiger charge is 2.04. The monoisotopic (exact) mass is 225 g/mol. The highest BCUT2D eigenvalue weighted by atomic mass is 16.1. The van der Waals surface area contributed by atoms with Crippen LogP contribution in [0.3, 0.4) is 0 Å². The van der Waals surface area contributed by atoms with Gasteiger partial charge in [-0.25, -0.2) is 0 Å². The molecule has 1 aromatic heterocycles. The van der Waals surface area contributed by atoms with Crippen molar-refractivity contribution in [2.45, 2.75) is 19.3 Å². The van der Waals surface area contributed by atoms with Crippen LogP contribution in [-0.4, -0.2) is 10.8 Å². The summed E-state index contributed by atoms with van der Waals surface area (Å²) in [6.07, 6.45) is 5.37. The van der Waals surface area contributed by atoms with E-state index in [4.69, 9.17) is 0 Å². The molecule has 0 atom stereocenters. The highest BCUT2D eigenvalue weighted by molar-refractivity contribution is 5.80.